The molecule has 0 atom stereocenters. The van der Waals surface area contributed by atoms with Gasteiger partial charge in [-0.15, -0.1) is 0 Å². The standard InChI is InChI=1S/C26H22/c1-2-7-18-16-20-9-5-11-24(26(20)17-18)23-13-6-12-22-21-10-4-3-8-19(21)14-15-25(22)23/h3-6,8-15,17H,2,7,16H2,1H3. The molecule has 4 aromatic rings. The van der Waals surface area contributed by atoms with Crippen LogP contribution in [0.1, 0.15) is 30.9 Å². The van der Waals surface area contributed by atoms with Gasteiger partial charge in [0.25, 0.3) is 0 Å². The fraction of sp³-hybridized carbons (Fsp3) is 0.154. The van der Waals surface area contributed by atoms with Gasteiger partial charge in [-0.2, -0.15) is 0 Å². The van der Waals surface area contributed by atoms with E-state index in [1.54, 1.807) is 5.57 Å². The molecule has 0 amide bonds. The molecule has 0 nitrogen and oxygen atoms in total. The van der Waals surface area contributed by atoms with Crippen molar-refractivity contribution in [1.29, 1.82) is 0 Å². The van der Waals surface area contributed by atoms with E-state index in [0.29, 0.717) is 0 Å². The Morgan fingerprint density at radius 3 is 2.42 bits per heavy atom. The highest BCUT2D eigenvalue weighted by Crippen LogP contribution is 2.39. The lowest BCUT2D eigenvalue weighted by atomic mass is 9.91. The zero-order valence-corrected chi connectivity index (χ0v) is 15.1. The third-order valence-corrected chi connectivity index (χ3v) is 5.61. The van der Waals surface area contributed by atoms with Crippen molar-refractivity contribution < 1.29 is 0 Å². The highest BCUT2D eigenvalue weighted by Gasteiger charge is 2.17. The monoisotopic (exact) mass is 334 g/mol. The van der Waals surface area contributed by atoms with Gasteiger partial charge in [0.15, 0.2) is 0 Å². The summed E-state index contributed by atoms with van der Waals surface area (Å²) >= 11 is 0. The van der Waals surface area contributed by atoms with Gasteiger partial charge in [0.1, 0.15) is 0 Å². The Morgan fingerprint density at radius 1 is 0.692 bits per heavy atom. The maximum absolute atomic E-state index is 2.44. The second kappa shape index (κ2) is 6.14. The maximum atomic E-state index is 2.44. The van der Waals surface area contributed by atoms with Gasteiger partial charge in [0.2, 0.25) is 0 Å². The molecule has 4 aromatic carbocycles. The Labute approximate surface area is 154 Å². The fourth-order valence-electron chi connectivity index (χ4n) is 4.43. The molecule has 0 heterocycles. The first kappa shape index (κ1) is 15.4. The molecule has 0 unspecified atom stereocenters. The number of hydrogen-bond acceptors (Lipinski definition) is 0. The van der Waals surface area contributed by atoms with E-state index in [-0.39, 0.29) is 0 Å². The van der Waals surface area contributed by atoms with Gasteiger partial charge in [-0.05, 0) is 56.6 Å². The molecular formula is C26H22. The van der Waals surface area contributed by atoms with Crippen molar-refractivity contribution in [3.8, 4) is 11.1 Å². The average molecular weight is 334 g/mol. The van der Waals surface area contributed by atoms with E-state index < -0.39 is 0 Å². The molecule has 0 fully saturated rings. The molecule has 0 radical (unpaired) electrons. The van der Waals surface area contributed by atoms with Crippen molar-refractivity contribution in [2.45, 2.75) is 26.2 Å². The van der Waals surface area contributed by atoms with Crippen LogP contribution in [0.2, 0.25) is 0 Å². The van der Waals surface area contributed by atoms with Gasteiger partial charge in [-0.1, -0.05) is 97.8 Å². The quantitative estimate of drug-likeness (QED) is 0.342. The lowest BCUT2D eigenvalue weighted by Gasteiger charge is -2.12. The summed E-state index contributed by atoms with van der Waals surface area (Å²) in [5.74, 6) is 0. The Balaban J connectivity index is 1.77. The number of allylic oxidation sites excluding steroid dienone is 1. The molecule has 5 rings (SSSR count). The molecule has 0 aliphatic heterocycles. The summed E-state index contributed by atoms with van der Waals surface area (Å²) in [4.78, 5) is 0. The predicted molar refractivity (Wildman–Crippen MR) is 113 cm³/mol. The van der Waals surface area contributed by atoms with Crippen molar-refractivity contribution in [2.75, 3.05) is 0 Å². The summed E-state index contributed by atoms with van der Waals surface area (Å²) in [5, 5.41) is 5.33. The molecule has 0 bridgehead atoms. The van der Waals surface area contributed by atoms with Crippen LogP contribution in [-0.4, -0.2) is 0 Å². The molecule has 26 heavy (non-hydrogen) atoms. The minimum atomic E-state index is 1.12. The normalized spacial score (nSPS) is 13.2. The van der Waals surface area contributed by atoms with E-state index in [0.717, 1.165) is 6.42 Å². The van der Waals surface area contributed by atoms with E-state index >= 15 is 0 Å². The summed E-state index contributed by atoms with van der Waals surface area (Å²) in [6.07, 6.45) is 5.97. The van der Waals surface area contributed by atoms with Crippen molar-refractivity contribution in [3.05, 3.63) is 89.5 Å². The number of hydrogen-bond donors (Lipinski definition) is 0. The van der Waals surface area contributed by atoms with Gasteiger partial charge in [0, 0.05) is 0 Å². The summed E-state index contributed by atoms with van der Waals surface area (Å²) < 4.78 is 0. The Morgan fingerprint density at radius 2 is 1.50 bits per heavy atom. The van der Waals surface area contributed by atoms with Crippen LogP contribution in [0.5, 0.6) is 0 Å². The summed E-state index contributed by atoms with van der Waals surface area (Å²) in [7, 11) is 0. The van der Waals surface area contributed by atoms with Crippen molar-refractivity contribution in [2.24, 2.45) is 0 Å². The summed E-state index contributed by atoms with van der Waals surface area (Å²) in [6.45, 7) is 2.26. The highest BCUT2D eigenvalue weighted by molar-refractivity contribution is 6.12. The number of rotatable bonds is 3. The van der Waals surface area contributed by atoms with Gasteiger partial charge in [-0.3, -0.25) is 0 Å². The molecule has 126 valence electrons. The summed E-state index contributed by atoms with van der Waals surface area (Å²) in [5.41, 5.74) is 7.19. The highest BCUT2D eigenvalue weighted by atomic mass is 14.2. The zero-order chi connectivity index (χ0) is 17.5. The van der Waals surface area contributed by atoms with Crippen LogP contribution in [-0.2, 0) is 6.42 Å². The molecule has 1 aliphatic carbocycles. The number of benzene rings is 4. The van der Waals surface area contributed by atoms with Gasteiger partial charge >= 0.3 is 0 Å². The van der Waals surface area contributed by atoms with Crippen LogP contribution in [0.25, 0.3) is 38.7 Å². The third-order valence-electron chi connectivity index (χ3n) is 5.61. The first-order chi connectivity index (χ1) is 12.8. The smallest absolute Gasteiger partial charge is 0.00576 e. The molecule has 0 saturated heterocycles. The third kappa shape index (κ3) is 2.37. The first-order valence-corrected chi connectivity index (χ1v) is 9.57. The van der Waals surface area contributed by atoms with Crippen molar-refractivity contribution >= 4 is 27.6 Å². The largest absolute Gasteiger partial charge is 0.0652 e. The van der Waals surface area contributed by atoms with Crippen LogP contribution < -0.4 is 0 Å². The van der Waals surface area contributed by atoms with Crippen LogP contribution in [0, 0.1) is 0 Å². The van der Waals surface area contributed by atoms with E-state index in [1.807, 2.05) is 0 Å². The second-order valence-corrected chi connectivity index (χ2v) is 7.30. The fourth-order valence-corrected chi connectivity index (χ4v) is 4.43. The SMILES string of the molecule is CCCC1=Cc2c(cccc2-c2cccc3c2ccc2ccccc23)C1. The minimum absolute atomic E-state index is 1.12. The van der Waals surface area contributed by atoms with Gasteiger partial charge in [-0.25, -0.2) is 0 Å². The first-order valence-electron chi connectivity index (χ1n) is 9.57. The van der Waals surface area contributed by atoms with Crippen molar-refractivity contribution in [3.63, 3.8) is 0 Å². The Kier molecular flexibility index (Phi) is 3.64. The number of fused-ring (bicyclic) bond motifs is 4. The van der Waals surface area contributed by atoms with E-state index in [2.05, 4.69) is 85.8 Å². The predicted octanol–water partition coefficient (Wildman–Crippen LogP) is 7.40. The minimum Gasteiger partial charge on any atom is -0.0652 e. The van der Waals surface area contributed by atoms with Gasteiger partial charge < -0.3 is 0 Å². The zero-order valence-electron chi connectivity index (χ0n) is 15.1. The average Bonchev–Trinajstić information content (AvgIpc) is 3.10. The van der Waals surface area contributed by atoms with Crippen LogP contribution in [0.15, 0.2) is 78.4 Å². The maximum Gasteiger partial charge on any atom is -0.00576 e. The molecule has 0 N–H and O–H groups in total. The summed E-state index contributed by atoms with van der Waals surface area (Å²) in [6, 6.07) is 26.7. The van der Waals surface area contributed by atoms with Gasteiger partial charge in [0.05, 0.1) is 0 Å². The molecule has 0 saturated carbocycles. The van der Waals surface area contributed by atoms with E-state index in [9.17, 15) is 0 Å². The van der Waals surface area contributed by atoms with E-state index in [1.165, 1.54) is 56.6 Å². The molecule has 0 aromatic heterocycles. The Bertz CT molecular complexity index is 1160. The van der Waals surface area contributed by atoms with Crippen LogP contribution in [0.4, 0.5) is 0 Å². The van der Waals surface area contributed by atoms with Crippen LogP contribution in [0.3, 0.4) is 0 Å². The van der Waals surface area contributed by atoms with E-state index in [4.69, 9.17) is 0 Å². The van der Waals surface area contributed by atoms with Crippen LogP contribution >= 0.6 is 0 Å². The molecule has 1 aliphatic rings. The van der Waals surface area contributed by atoms with Crippen molar-refractivity contribution in [1.82, 2.24) is 0 Å². The lowest BCUT2D eigenvalue weighted by Crippen LogP contribution is -1.89. The lowest BCUT2D eigenvalue weighted by molar-refractivity contribution is 0.886. The second-order valence-electron chi connectivity index (χ2n) is 7.30. The Hall–Kier alpha value is -2.86. The topological polar surface area (TPSA) is 0 Å². The molecular weight excluding hydrogens is 312 g/mol. The molecule has 0 heteroatoms. The molecule has 0 spiro atoms.